The number of aromatic nitrogens is 7. The average Bonchev–Trinajstić information content (AvgIpc) is 3.54. The number of para-hydroxylation sites is 1. The molecule has 0 unspecified atom stereocenters. The average molecular weight is 494 g/mol. The number of nitrogens with one attached hydrogen (secondary N) is 1. The molecule has 0 aliphatic heterocycles. The van der Waals surface area contributed by atoms with Crippen molar-refractivity contribution in [3.05, 3.63) is 100.0 Å². The van der Waals surface area contributed by atoms with E-state index in [4.69, 9.17) is 0 Å². The quantitative estimate of drug-likeness (QED) is 0.316. The van der Waals surface area contributed by atoms with E-state index in [1.165, 1.54) is 5.56 Å². The molecule has 0 fully saturated rings. The minimum absolute atomic E-state index is 0.00254. The van der Waals surface area contributed by atoms with E-state index in [0.29, 0.717) is 18.3 Å². The lowest BCUT2D eigenvalue weighted by Crippen LogP contribution is -2.26. The Balaban J connectivity index is 1.51. The highest BCUT2D eigenvalue weighted by atomic mass is 16.1. The topological polar surface area (TPSA) is 94.3 Å². The van der Waals surface area contributed by atoms with Crippen LogP contribution in [-0.2, 0) is 13.0 Å². The number of hydrogen-bond acceptors (Lipinski definition) is 5. The van der Waals surface area contributed by atoms with E-state index in [9.17, 15) is 4.79 Å². The Kier molecular flexibility index (Phi) is 6.81. The summed E-state index contributed by atoms with van der Waals surface area (Å²) in [5, 5.41) is 14.4. The van der Waals surface area contributed by atoms with Crippen LogP contribution in [0.4, 0.5) is 0 Å². The van der Waals surface area contributed by atoms with Crippen LogP contribution >= 0.6 is 0 Å². The zero-order valence-electron chi connectivity index (χ0n) is 21.6. The highest BCUT2D eigenvalue weighted by Gasteiger charge is 2.18. The highest BCUT2D eigenvalue weighted by molar-refractivity contribution is 5.79. The van der Waals surface area contributed by atoms with Crippen LogP contribution in [0, 0.1) is 6.92 Å². The van der Waals surface area contributed by atoms with Gasteiger partial charge in [0, 0.05) is 29.8 Å². The number of aromatic amines is 1. The van der Waals surface area contributed by atoms with Crippen LogP contribution in [0.25, 0.3) is 28.2 Å². The number of tetrazole rings is 1. The molecule has 0 saturated carbocycles. The fraction of sp³-hybridized carbons (Fsp3) is 0.276. The molecule has 37 heavy (non-hydrogen) atoms. The van der Waals surface area contributed by atoms with Gasteiger partial charge >= 0.3 is 5.69 Å². The Morgan fingerprint density at radius 1 is 1.03 bits per heavy atom. The normalized spacial score (nSPS) is 11.4. The molecule has 2 aromatic carbocycles. The van der Waals surface area contributed by atoms with Gasteiger partial charge in [0.15, 0.2) is 0 Å². The molecule has 0 atom stereocenters. The van der Waals surface area contributed by atoms with Gasteiger partial charge in [-0.2, -0.15) is 5.21 Å². The maximum atomic E-state index is 13.8. The molecule has 5 rings (SSSR count). The number of hydrogen-bond donors (Lipinski definition) is 1. The van der Waals surface area contributed by atoms with Crippen molar-refractivity contribution in [3.63, 3.8) is 0 Å². The number of H-pyrrole nitrogens is 1. The standard InChI is InChI=1S/C29H31N7O/c1-5-7-23-18-36(27-20(4)8-6-9-24(27)19(2)3)29(37)35(23)17-21-10-12-22(13-11-21)25-14-15-30-16-26(25)28-31-33-34-32-28/h6,8-16,18-19H,5,7,17H2,1-4H3,(H,31,32,33,34). The van der Waals surface area contributed by atoms with Gasteiger partial charge in [-0.3, -0.25) is 14.1 Å². The molecule has 5 aromatic rings. The van der Waals surface area contributed by atoms with Crippen molar-refractivity contribution < 1.29 is 0 Å². The van der Waals surface area contributed by atoms with Gasteiger partial charge in [-0.1, -0.05) is 69.7 Å². The van der Waals surface area contributed by atoms with Gasteiger partial charge in [0.2, 0.25) is 5.82 Å². The SMILES string of the molecule is CCCc1cn(-c2c(C)cccc2C(C)C)c(=O)n1Cc1ccc(-c2ccncc2-c2nn[nH]n2)cc1. The first-order valence-corrected chi connectivity index (χ1v) is 12.7. The van der Waals surface area contributed by atoms with E-state index in [0.717, 1.165) is 52.0 Å². The first-order valence-electron chi connectivity index (χ1n) is 12.7. The zero-order valence-corrected chi connectivity index (χ0v) is 21.6. The van der Waals surface area contributed by atoms with Crippen LogP contribution in [-0.4, -0.2) is 34.7 Å². The first-order chi connectivity index (χ1) is 18.0. The summed E-state index contributed by atoms with van der Waals surface area (Å²) in [5.41, 5.74) is 8.19. The van der Waals surface area contributed by atoms with Crippen molar-refractivity contribution in [1.29, 1.82) is 0 Å². The third-order valence-corrected chi connectivity index (χ3v) is 6.71. The Morgan fingerprint density at radius 3 is 2.54 bits per heavy atom. The van der Waals surface area contributed by atoms with E-state index < -0.39 is 0 Å². The first kappa shape index (κ1) is 24.4. The molecule has 0 bridgehead atoms. The molecule has 3 aromatic heterocycles. The summed E-state index contributed by atoms with van der Waals surface area (Å²) < 4.78 is 3.75. The number of imidazole rings is 1. The predicted octanol–water partition coefficient (Wildman–Crippen LogP) is 5.31. The van der Waals surface area contributed by atoms with Gasteiger partial charge in [-0.15, -0.1) is 10.2 Å². The molecule has 8 heteroatoms. The van der Waals surface area contributed by atoms with Gasteiger partial charge < -0.3 is 0 Å². The van der Waals surface area contributed by atoms with Crippen LogP contribution in [0.1, 0.15) is 55.5 Å². The number of benzene rings is 2. The summed E-state index contributed by atoms with van der Waals surface area (Å²) in [6.45, 7) is 9.07. The fourth-order valence-electron chi connectivity index (χ4n) is 4.86. The molecule has 0 aliphatic carbocycles. The number of aryl methyl sites for hydroxylation is 2. The van der Waals surface area contributed by atoms with Gasteiger partial charge in [0.05, 0.1) is 12.2 Å². The van der Waals surface area contributed by atoms with E-state index in [1.807, 2.05) is 21.4 Å². The molecule has 0 amide bonds. The molecule has 0 spiro atoms. The second kappa shape index (κ2) is 10.3. The molecule has 0 radical (unpaired) electrons. The Morgan fingerprint density at radius 2 is 1.84 bits per heavy atom. The lowest BCUT2D eigenvalue weighted by molar-refractivity contribution is 0.690. The van der Waals surface area contributed by atoms with Crippen molar-refractivity contribution in [2.75, 3.05) is 0 Å². The van der Waals surface area contributed by atoms with Crippen molar-refractivity contribution >= 4 is 0 Å². The maximum Gasteiger partial charge on any atom is 0.333 e. The lowest BCUT2D eigenvalue weighted by atomic mass is 9.98. The largest absolute Gasteiger partial charge is 0.333 e. The summed E-state index contributed by atoms with van der Waals surface area (Å²) in [4.78, 5) is 18.0. The second-order valence-corrected chi connectivity index (χ2v) is 9.63. The fourth-order valence-corrected chi connectivity index (χ4v) is 4.86. The van der Waals surface area contributed by atoms with Gasteiger partial charge in [-0.05, 0) is 58.4 Å². The third-order valence-electron chi connectivity index (χ3n) is 6.71. The Bertz CT molecular complexity index is 1560. The predicted molar refractivity (Wildman–Crippen MR) is 145 cm³/mol. The van der Waals surface area contributed by atoms with Crippen LogP contribution in [0.5, 0.6) is 0 Å². The van der Waals surface area contributed by atoms with E-state index in [2.05, 4.69) is 95.8 Å². The molecule has 0 saturated heterocycles. The molecule has 3 heterocycles. The molecule has 8 nitrogen and oxygen atoms in total. The smallest absolute Gasteiger partial charge is 0.292 e. The molecular formula is C29H31N7O. The van der Waals surface area contributed by atoms with Crippen molar-refractivity contribution in [3.8, 4) is 28.2 Å². The number of rotatable bonds is 8. The van der Waals surface area contributed by atoms with Crippen molar-refractivity contribution in [2.24, 2.45) is 0 Å². The van der Waals surface area contributed by atoms with Crippen LogP contribution in [0.2, 0.25) is 0 Å². The number of nitrogens with zero attached hydrogens (tertiary/aromatic N) is 6. The minimum atomic E-state index is -0.00254. The molecule has 188 valence electrons. The third kappa shape index (κ3) is 4.74. The van der Waals surface area contributed by atoms with Gasteiger partial charge in [-0.25, -0.2) is 4.79 Å². The van der Waals surface area contributed by atoms with E-state index in [1.54, 1.807) is 12.4 Å². The highest BCUT2D eigenvalue weighted by Crippen LogP contribution is 2.29. The van der Waals surface area contributed by atoms with Crippen LogP contribution in [0.3, 0.4) is 0 Å². The summed E-state index contributed by atoms with van der Waals surface area (Å²) in [5.74, 6) is 0.819. The molecule has 0 aliphatic rings. The van der Waals surface area contributed by atoms with Crippen LogP contribution < -0.4 is 5.69 Å². The zero-order chi connectivity index (χ0) is 25.9. The van der Waals surface area contributed by atoms with E-state index >= 15 is 0 Å². The molecule has 1 N–H and O–H groups in total. The van der Waals surface area contributed by atoms with Crippen molar-refractivity contribution in [1.82, 2.24) is 34.7 Å². The lowest BCUT2D eigenvalue weighted by Gasteiger charge is -2.15. The van der Waals surface area contributed by atoms with Gasteiger partial charge in [0.1, 0.15) is 0 Å². The summed E-state index contributed by atoms with van der Waals surface area (Å²) in [6.07, 6.45) is 7.33. The Hall–Kier alpha value is -4.33. The van der Waals surface area contributed by atoms with Crippen LogP contribution in [0.15, 0.2) is 71.9 Å². The molecular weight excluding hydrogens is 462 g/mol. The maximum absolute atomic E-state index is 13.8. The number of pyridine rings is 1. The summed E-state index contributed by atoms with van der Waals surface area (Å²) >= 11 is 0. The summed E-state index contributed by atoms with van der Waals surface area (Å²) in [6, 6.07) is 16.5. The van der Waals surface area contributed by atoms with Crippen molar-refractivity contribution in [2.45, 2.75) is 53.0 Å². The van der Waals surface area contributed by atoms with Gasteiger partial charge in [0.25, 0.3) is 0 Å². The second-order valence-electron chi connectivity index (χ2n) is 9.63. The minimum Gasteiger partial charge on any atom is -0.292 e. The monoisotopic (exact) mass is 493 g/mol. The van der Waals surface area contributed by atoms with E-state index in [-0.39, 0.29) is 5.69 Å². The Labute approximate surface area is 216 Å². The summed E-state index contributed by atoms with van der Waals surface area (Å²) in [7, 11) is 0.